The van der Waals surface area contributed by atoms with Crippen LogP contribution in [0.4, 0.5) is 0 Å². The number of rotatable bonds is 5. The predicted molar refractivity (Wildman–Crippen MR) is 99.7 cm³/mol. The van der Waals surface area contributed by atoms with Gasteiger partial charge in [0.2, 0.25) is 0 Å². The number of hydrogen-bond donors (Lipinski definition) is 0. The smallest absolute Gasteiger partial charge is 0.0101 e. The van der Waals surface area contributed by atoms with Gasteiger partial charge in [-0.1, -0.05) is 13.8 Å². The average molecular weight is 321 g/mol. The monoisotopic (exact) mass is 320 g/mol. The van der Waals surface area contributed by atoms with Crippen molar-refractivity contribution < 1.29 is 0 Å². The van der Waals surface area contributed by atoms with E-state index in [1.807, 2.05) is 0 Å². The Morgan fingerprint density at radius 3 is 1.78 bits per heavy atom. The number of hydrogen-bond acceptors (Lipinski definition) is 2. The number of piperidine rings is 2. The van der Waals surface area contributed by atoms with Crippen molar-refractivity contribution in [3.05, 3.63) is 0 Å². The molecule has 2 heterocycles. The molecular formula is C21H40N2. The molecule has 2 nitrogen and oxygen atoms in total. The van der Waals surface area contributed by atoms with Gasteiger partial charge in [-0.2, -0.15) is 0 Å². The van der Waals surface area contributed by atoms with E-state index in [9.17, 15) is 0 Å². The highest BCUT2D eigenvalue weighted by molar-refractivity contribution is 4.90. The largest absolute Gasteiger partial charge is 0.301 e. The van der Waals surface area contributed by atoms with E-state index < -0.39 is 0 Å². The van der Waals surface area contributed by atoms with Crippen LogP contribution in [0.5, 0.6) is 0 Å². The van der Waals surface area contributed by atoms with E-state index in [1.54, 1.807) is 0 Å². The molecule has 2 aliphatic heterocycles. The van der Waals surface area contributed by atoms with E-state index >= 15 is 0 Å². The van der Waals surface area contributed by atoms with Crippen molar-refractivity contribution in [2.24, 2.45) is 23.7 Å². The molecule has 2 saturated heterocycles. The molecule has 0 atom stereocenters. The zero-order valence-electron chi connectivity index (χ0n) is 16.1. The molecular weight excluding hydrogens is 280 g/mol. The fraction of sp³-hybridized carbons (Fsp3) is 1.00. The van der Waals surface area contributed by atoms with Crippen molar-refractivity contribution in [2.45, 2.75) is 84.7 Å². The summed E-state index contributed by atoms with van der Waals surface area (Å²) in [7, 11) is 0. The van der Waals surface area contributed by atoms with Gasteiger partial charge >= 0.3 is 0 Å². The first-order valence-electron chi connectivity index (χ1n) is 10.5. The Labute approximate surface area is 145 Å². The van der Waals surface area contributed by atoms with Crippen LogP contribution in [0.1, 0.15) is 72.6 Å². The molecule has 0 radical (unpaired) electrons. The topological polar surface area (TPSA) is 6.48 Å². The van der Waals surface area contributed by atoms with Gasteiger partial charge < -0.3 is 9.80 Å². The van der Waals surface area contributed by atoms with Crippen LogP contribution in [0.3, 0.4) is 0 Å². The molecule has 23 heavy (non-hydrogen) atoms. The van der Waals surface area contributed by atoms with Crippen LogP contribution in [0.2, 0.25) is 0 Å². The van der Waals surface area contributed by atoms with E-state index in [4.69, 9.17) is 0 Å². The molecule has 2 heteroatoms. The fourth-order valence-corrected chi connectivity index (χ4v) is 5.20. The van der Waals surface area contributed by atoms with Gasteiger partial charge in [0.1, 0.15) is 0 Å². The molecule has 3 aliphatic rings. The minimum absolute atomic E-state index is 0.747. The summed E-state index contributed by atoms with van der Waals surface area (Å²) in [6.07, 6.45) is 10.4. The molecule has 3 fully saturated rings. The Balaban J connectivity index is 1.33. The van der Waals surface area contributed by atoms with Gasteiger partial charge in [-0.05, 0) is 109 Å². The molecule has 134 valence electrons. The summed E-state index contributed by atoms with van der Waals surface area (Å²) >= 11 is 0. The summed E-state index contributed by atoms with van der Waals surface area (Å²) in [6.45, 7) is 15.0. The van der Waals surface area contributed by atoms with Crippen LogP contribution in [-0.4, -0.2) is 48.1 Å². The van der Waals surface area contributed by atoms with Crippen LogP contribution in [0, 0.1) is 23.7 Å². The molecule has 1 aliphatic carbocycles. The summed E-state index contributed by atoms with van der Waals surface area (Å²) in [5.74, 6) is 3.97. The van der Waals surface area contributed by atoms with Crippen molar-refractivity contribution >= 4 is 0 Å². The quantitative estimate of drug-likeness (QED) is 0.728. The van der Waals surface area contributed by atoms with Crippen molar-refractivity contribution in [3.63, 3.8) is 0 Å². The first-order valence-corrected chi connectivity index (χ1v) is 10.5. The lowest BCUT2D eigenvalue weighted by Gasteiger charge is -2.47. The highest BCUT2D eigenvalue weighted by Crippen LogP contribution is 2.39. The van der Waals surface area contributed by atoms with Crippen molar-refractivity contribution in [3.8, 4) is 0 Å². The van der Waals surface area contributed by atoms with Crippen LogP contribution in [0.15, 0.2) is 0 Å². The third-order valence-corrected chi connectivity index (χ3v) is 7.30. The van der Waals surface area contributed by atoms with E-state index in [-0.39, 0.29) is 0 Å². The lowest BCUT2D eigenvalue weighted by molar-refractivity contribution is 0.0262. The summed E-state index contributed by atoms with van der Waals surface area (Å²) in [5.41, 5.74) is 0. The SMILES string of the molecule is CC(C)C1CC(N2CCC(CC3CCN(C(C)C)CC3)CC2)C1. The second-order valence-corrected chi connectivity index (χ2v) is 9.42. The molecule has 0 amide bonds. The van der Waals surface area contributed by atoms with Gasteiger partial charge in [0.05, 0.1) is 0 Å². The lowest BCUT2D eigenvalue weighted by atomic mass is 9.72. The molecule has 1 saturated carbocycles. The standard InChI is InChI=1S/C21H40N2/c1-16(2)20-14-21(15-20)23-11-7-19(8-12-23)13-18-5-9-22(10-6-18)17(3)4/h16-21H,5-15H2,1-4H3. The summed E-state index contributed by atoms with van der Waals surface area (Å²) in [6, 6.07) is 1.69. The van der Waals surface area contributed by atoms with Gasteiger partial charge in [-0.15, -0.1) is 0 Å². The first-order chi connectivity index (χ1) is 11.0. The second-order valence-electron chi connectivity index (χ2n) is 9.42. The van der Waals surface area contributed by atoms with E-state index in [0.717, 1.165) is 35.8 Å². The van der Waals surface area contributed by atoms with Crippen LogP contribution in [-0.2, 0) is 0 Å². The van der Waals surface area contributed by atoms with Gasteiger partial charge in [-0.25, -0.2) is 0 Å². The first kappa shape index (κ1) is 17.7. The molecule has 0 bridgehead atoms. The predicted octanol–water partition coefficient (Wildman–Crippen LogP) is 4.64. The molecule has 0 aromatic heterocycles. The minimum Gasteiger partial charge on any atom is -0.301 e. The molecule has 3 rings (SSSR count). The Bertz CT molecular complexity index is 343. The molecule has 0 aromatic carbocycles. The zero-order chi connectivity index (χ0) is 16.4. The van der Waals surface area contributed by atoms with Crippen LogP contribution >= 0.6 is 0 Å². The number of likely N-dealkylation sites (tertiary alicyclic amines) is 2. The van der Waals surface area contributed by atoms with Crippen molar-refractivity contribution in [2.75, 3.05) is 26.2 Å². The normalized spacial score (nSPS) is 32.6. The Hall–Kier alpha value is -0.0800. The average Bonchev–Trinajstić information content (AvgIpc) is 2.47. The highest BCUT2D eigenvalue weighted by Gasteiger charge is 2.36. The van der Waals surface area contributed by atoms with E-state index in [0.29, 0.717) is 0 Å². The third-order valence-electron chi connectivity index (χ3n) is 7.30. The summed E-state index contributed by atoms with van der Waals surface area (Å²) in [5, 5.41) is 0. The van der Waals surface area contributed by atoms with Gasteiger partial charge in [0, 0.05) is 12.1 Å². The summed E-state index contributed by atoms with van der Waals surface area (Å²) in [4.78, 5) is 5.50. The van der Waals surface area contributed by atoms with Gasteiger partial charge in [0.15, 0.2) is 0 Å². The summed E-state index contributed by atoms with van der Waals surface area (Å²) < 4.78 is 0. The number of nitrogens with zero attached hydrogens (tertiary/aromatic N) is 2. The lowest BCUT2D eigenvalue weighted by Crippen LogP contribution is -2.49. The maximum Gasteiger partial charge on any atom is 0.0101 e. The van der Waals surface area contributed by atoms with Gasteiger partial charge in [0.25, 0.3) is 0 Å². The third kappa shape index (κ3) is 4.51. The highest BCUT2D eigenvalue weighted by atomic mass is 15.2. The molecule has 0 N–H and O–H groups in total. The van der Waals surface area contributed by atoms with Crippen LogP contribution < -0.4 is 0 Å². The minimum atomic E-state index is 0.747. The van der Waals surface area contributed by atoms with Crippen molar-refractivity contribution in [1.29, 1.82) is 0 Å². The maximum atomic E-state index is 2.83. The Morgan fingerprint density at radius 1 is 0.783 bits per heavy atom. The second kappa shape index (κ2) is 7.87. The van der Waals surface area contributed by atoms with E-state index in [2.05, 4.69) is 37.5 Å². The maximum absolute atomic E-state index is 2.83. The zero-order valence-corrected chi connectivity index (χ0v) is 16.1. The van der Waals surface area contributed by atoms with Crippen molar-refractivity contribution in [1.82, 2.24) is 9.80 Å². The molecule has 0 spiro atoms. The Kier molecular flexibility index (Phi) is 6.07. The molecule has 0 aromatic rings. The molecule has 0 unspecified atom stereocenters. The van der Waals surface area contributed by atoms with E-state index in [1.165, 1.54) is 71.1 Å². The Morgan fingerprint density at radius 2 is 1.30 bits per heavy atom. The van der Waals surface area contributed by atoms with Crippen LogP contribution in [0.25, 0.3) is 0 Å². The fourth-order valence-electron chi connectivity index (χ4n) is 5.20. The van der Waals surface area contributed by atoms with Gasteiger partial charge in [-0.3, -0.25) is 0 Å².